The number of carbonyl (C=O) groups excluding carboxylic acids is 1. The van der Waals surface area contributed by atoms with Gasteiger partial charge in [-0.25, -0.2) is 0 Å². The van der Waals surface area contributed by atoms with Gasteiger partial charge < -0.3 is 0 Å². The summed E-state index contributed by atoms with van der Waals surface area (Å²) in [5.74, 6) is 4.61. The van der Waals surface area contributed by atoms with Crippen molar-refractivity contribution in [2.75, 3.05) is 0 Å². The summed E-state index contributed by atoms with van der Waals surface area (Å²) < 4.78 is 0. The minimum absolute atomic E-state index is 0.486. The summed E-state index contributed by atoms with van der Waals surface area (Å²) in [6.45, 7) is 9.55. The van der Waals surface area contributed by atoms with E-state index in [0.29, 0.717) is 17.3 Å². The van der Waals surface area contributed by atoms with Crippen LogP contribution in [0.15, 0.2) is 47.1 Å². The van der Waals surface area contributed by atoms with E-state index in [1.807, 2.05) is 6.08 Å². The van der Waals surface area contributed by atoms with Gasteiger partial charge in [-0.1, -0.05) is 64.0 Å². The molecule has 0 aromatic heterocycles. The summed E-state index contributed by atoms with van der Waals surface area (Å²) in [5.41, 5.74) is 8.09. The zero-order valence-corrected chi connectivity index (χ0v) is 20.7. The molecule has 0 spiro atoms. The Kier molecular flexibility index (Phi) is 5.97. The first kappa shape index (κ1) is 22.2. The van der Waals surface area contributed by atoms with Gasteiger partial charge in [-0.3, -0.25) is 4.79 Å². The molecule has 1 nitrogen and oxygen atoms in total. The highest BCUT2D eigenvalue weighted by Gasteiger charge is 2.58. The molecule has 32 heavy (non-hydrogen) atoms. The topological polar surface area (TPSA) is 17.1 Å². The summed E-state index contributed by atoms with van der Waals surface area (Å²) in [7, 11) is 0. The van der Waals surface area contributed by atoms with Gasteiger partial charge in [-0.05, 0) is 115 Å². The van der Waals surface area contributed by atoms with Gasteiger partial charge in [0.15, 0.2) is 0 Å². The Bertz CT molecular complexity index is 912. The van der Waals surface area contributed by atoms with E-state index < -0.39 is 0 Å². The van der Waals surface area contributed by atoms with Crippen LogP contribution in [-0.2, 0) is 4.79 Å². The first-order chi connectivity index (χ1) is 15.5. The predicted octanol–water partition coefficient (Wildman–Crippen LogP) is 8.37. The second-order valence-corrected chi connectivity index (χ2v) is 11.9. The molecule has 5 atom stereocenters. The number of hydrogen-bond acceptors (Lipinski definition) is 1. The highest BCUT2D eigenvalue weighted by atomic mass is 16.1. The van der Waals surface area contributed by atoms with Crippen molar-refractivity contribution in [1.29, 1.82) is 0 Å². The third-order valence-electron chi connectivity index (χ3n) is 9.81. The molecule has 0 aliphatic heterocycles. The van der Waals surface area contributed by atoms with E-state index in [2.05, 4.69) is 52.0 Å². The zero-order chi connectivity index (χ0) is 22.5. The van der Waals surface area contributed by atoms with Gasteiger partial charge in [0, 0.05) is 5.92 Å². The molecule has 0 heterocycles. The molecular weight excluding hydrogens is 388 g/mol. The second kappa shape index (κ2) is 8.62. The Hall–Kier alpha value is -1.63. The van der Waals surface area contributed by atoms with Gasteiger partial charge in [0.25, 0.3) is 0 Å². The van der Waals surface area contributed by atoms with Crippen molar-refractivity contribution in [2.45, 2.75) is 97.3 Å². The lowest BCUT2D eigenvalue weighted by atomic mass is 9.52. The lowest BCUT2D eigenvalue weighted by molar-refractivity contribution is -0.104. The van der Waals surface area contributed by atoms with Crippen LogP contribution in [0.5, 0.6) is 0 Å². The van der Waals surface area contributed by atoms with Gasteiger partial charge in [0.2, 0.25) is 0 Å². The summed E-state index contributed by atoms with van der Waals surface area (Å²) in [5, 5.41) is 0. The maximum absolute atomic E-state index is 11.5. The van der Waals surface area contributed by atoms with Crippen LogP contribution < -0.4 is 0 Å². The molecule has 0 amide bonds. The van der Waals surface area contributed by atoms with E-state index in [1.165, 1.54) is 55.2 Å². The molecule has 172 valence electrons. The number of aldehydes is 1. The molecule has 5 rings (SSSR count). The molecule has 4 aliphatic carbocycles. The number of rotatable bonds is 6. The van der Waals surface area contributed by atoms with Crippen molar-refractivity contribution in [2.24, 2.45) is 29.1 Å². The molecule has 1 aromatic rings. The van der Waals surface area contributed by atoms with Crippen molar-refractivity contribution in [3.8, 4) is 0 Å². The maximum atomic E-state index is 11.5. The van der Waals surface area contributed by atoms with Crippen molar-refractivity contribution >= 4 is 6.29 Å². The number of benzene rings is 1. The Labute approximate surface area is 195 Å². The summed E-state index contributed by atoms with van der Waals surface area (Å²) >= 11 is 0. The van der Waals surface area contributed by atoms with Crippen molar-refractivity contribution < 1.29 is 4.79 Å². The average Bonchev–Trinajstić information content (AvgIpc) is 3.56. The molecular formula is C31H42O. The van der Waals surface area contributed by atoms with Crippen LogP contribution in [0.25, 0.3) is 0 Å². The SMILES string of the molecule is CCCC1=C2C(c3ccc(C(C)C)cc3)CC3(C)C(C4CC4)CCC3C2CC/C1=C/C=O. The average molecular weight is 431 g/mol. The van der Waals surface area contributed by atoms with Crippen molar-refractivity contribution in [1.82, 2.24) is 0 Å². The molecule has 5 unspecified atom stereocenters. The predicted molar refractivity (Wildman–Crippen MR) is 134 cm³/mol. The maximum Gasteiger partial charge on any atom is 0.143 e. The minimum atomic E-state index is 0.486. The second-order valence-electron chi connectivity index (χ2n) is 11.9. The van der Waals surface area contributed by atoms with E-state index in [1.54, 1.807) is 11.1 Å². The first-order valence-corrected chi connectivity index (χ1v) is 13.4. The third-order valence-corrected chi connectivity index (χ3v) is 9.81. The quantitative estimate of drug-likeness (QED) is 0.327. The third kappa shape index (κ3) is 3.64. The Morgan fingerprint density at radius 3 is 2.38 bits per heavy atom. The van der Waals surface area contributed by atoms with E-state index in [-0.39, 0.29) is 0 Å². The molecule has 0 bridgehead atoms. The van der Waals surface area contributed by atoms with E-state index in [0.717, 1.165) is 49.2 Å². The van der Waals surface area contributed by atoms with Gasteiger partial charge in [0.1, 0.15) is 6.29 Å². The molecule has 3 fully saturated rings. The van der Waals surface area contributed by atoms with Crippen LogP contribution >= 0.6 is 0 Å². The van der Waals surface area contributed by atoms with Crippen LogP contribution in [0.1, 0.15) is 108 Å². The Balaban J connectivity index is 1.64. The summed E-state index contributed by atoms with van der Waals surface area (Å²) in [4.78, 5) is 11.5. The van der Waals surface area contributed by atoms with Crippen LogP contribution in [0.4, 0.5) is 0 Å². The van der Waals surface area contributed by atoms with Crippen LogP contribution in [0.2, 0.25) is 0 Å². The number of allylic oxidation sites excluding steroid dienone is 4. The highest BCUT2D eigenvalue weighted by Crippen LogP contribution is 2.68. The van der Waals surface area contributed by atoms with Crippen molar-refractivity contribution in [3.05, 3.63) is 58.2 Å². The highest BCUT2D eigenvalue weighted by molar-refractivity contribution is 5.69. The molecule has 1 aromatic carbocycles. The molecule has 0 N–H and O–H groups in total. The summed E-state index contributed by atoms with van der Waals surface area (Å²) in [6.07, 6.45) is 14.7. The Morgan fingerprint density at radius 2 is 1.75 bits per heavy atom. The smallest absolute Gasteiger partial charge is 0.143 e. The number of carbonyl (C=O) groups is 1. The van der Waals surface area contributed by atoms with Crippen LogP contribution in [-0.4, -0.2) is 6.29 Å². The normalized spacial score (nSPS) is 35.8. The fraction of sp³-hybridized carbons (Fsp3) is 0.645. The van der Waals surface area contributed by atoms with Gasteiger partial charge >= 0.3 is 0 Å². The zero-order valence-electron chi connectivity index (χ0n) is 20.7. The number of hydrogen-bond donors (Lipinski definition) is 0. The number of fused-ring (bicyclic) bond motifs is 3. The van der Waals surface area contributed by atoms with Crippen LogP contribution in [0, 0.1) is 29.1 Å². The largest absolute Gasteiger partial charge is 0.299 e. The molecule has 3 saturated carbocycles. The lowest BCUT2D eigenvalue weighted by Crippen LogP contribution is -2.43. The van der Waals surface area contributed by atoms with E-state index >= 15 is 0 Å². The van der Waals surface area contributed by atoms with E-state index in [9.17, 15) is 4.79 Å². The minimum Gasteiger partial charge on any atom is -0.299 e. The molecule has 0 saturated heterocycles. The fourth-order valence-corrected chi connectivity index (χ4v) is 8.22. The molecule has 1 heteroatoms. The summed E-state index contributed by atoms with van der Waals surface area (Å²) in [6, 6.07) is 9.63. The fourth-order valence-electron chi connectivity index (χ4n) is 8.22. The first-order valence-electron chi connectivity index (χ1n) is 13.4. The van der Waals surface area contributed by atoms with Gasteiger partial charge in [-0.15, -0.1) is 0 Å². The standard InChI is InChI=1S/C31H42O/c1-5-6-25-23(17-18-32)13-14-26-29-16-15-28(24-11-12-24)31(29,4)19-27(30(25)26)22-9-7-21(8-10-22)20(2)3/h7-10,17-18,20,24,26-29H,5-6,11-16,19H2,1-4H3/b23-17-. The Morgan fingerprint density at radius 1 is 1.03 bits per heavy atom. The van der Waals surface area contributed by atoms with Crippen LogP contribution in [0.3, 0.4) is 0 Å². The van der Waals surface area contributed by atoms with Gasteiger partial charge in [-0.2, -0.15) is 0 Å². The lowest BCUT2D eigenvalue weighted by Gasteiger charge is -2.53. The monoisotopic (exact) mass is 430 g/mol. The van der Waals surface area contributed by atoms with E-state index in [4.69, 9.17) is 0 Å². The van der Waals surface area contributed by atoms with Gasteiger partial charge in [0.05, 0.1) is 0 Å². The van der Waals surface area contributed by atoms with Crippen molar-refractivity contribution in [3.63, 3.8) is 0 Å². The molecule has 4 aliphatic rings. The molecule has 0 radical (unpaired) electrons.